The van der Waals surface area contributed by atoms with Gasteiger partial charge in [0, 0.05) is 29.3 Å². The SMILES string of the molecule is CCOc1cc([C@H]2C(C(=O)OCc3ccc(OC)cc3)=C(C)NC3=C2C(=O)CCC3)ccc1O. The van der Waals surface area contributed by atoms with Crippen molar-refractivity contribution in [2.24, 2.45) is 0 Å². The maximum absolute atomic E-state index is 13.4. The Morgan fingerprint density at radius 3 is 2.62 bits per heavy atom. The minimum absolute atomic E-state index is 0.00745. The summed E-state index contributed by atoms with van der Waals surface area (Å²) in [6.45, 7) is 4.12. The number of carbonyl (C=O) groups excluding carboxylic acids is 2. The zero-order valence-corrected chi connectivity index (χ0v) is 19.6. The third-order valence-electron chi connectivity index (χ3n) is 6.14. The Hall–Kier alpha value is -3.74. The first-order chi connectivity index (χ1) is 16.4. The third-order valence-corrected chi connectivity index (χ3v) is 6.14. The van der Waals surface area contributed by atoms with E-state index in [1.165, 1.54) is 6.07 Å². The number of esters is 1. The van der Waals surface area contributed by atoms with Crippen molar-refractivity contribution in [1.82, 2.24) is 5.32 Å². The van der Waals surface area contributed by atoms with Crippen LogP contribution in [0.5, 0.6) is 17.2 Å². The number of hydrogen-bond donors (Lipinski definition) is 2. The molecule has 0 spiro atoms. The Labute approximate surface area is 199 Å². The monoisotopic (exact) mass is 463 g/mol. The van der Waals surface area contributed by atoms with Gasteiger partial charge in [-0.05, 0) is 62.1 Å². The average Bonchev–Trinajstić information content (AvgIpc) is 2.83. The van der Waals surface area contributed by atoms with Gasteiger partial charge in [0.15, 0.2) is 17.3 Å². The van der Waals surface area contributed by atoms with Gasteiger partial charge in [-0.2, -0.15) is 0 Å². The highest BCUT2D eigenvalue weighted by molar-refractivity contribution is 6.03. The van der Waals surface area contributed by atoms with Crippen LogP contribution in [0.2, 0.25) is 0 Å². The predicted octanol–water partition coefficient (Wildman–Crippen LogP) is 4.51. The fourth-order valence-electron chi connectivity index (χ4n) is 4.52. The van der Waals surface area contributed by atoms with Gasteiger partial charge in [0.2, 0.25) is 0 Å². The van der Waals surface area contributed by atoms with Gasteiger partial charge in [-0.1, -0.05) is 18.2 Å². The molecule has 1 heterocycles. The summed E-state index contributed by atoms with van der Waals surface area (Å²) in [7, 11) is 1.59. The molecule has 2 aromatic rings. The first-order valence-electron chi connectivity index (χ1n) is 11.4. The Balaban J connectivity index is 1.69. The van der Waals surface area contributed by atoms with E-state index in [0.717, 1.165) is 29.9 Å². The summed E-state index contributed by atoms with van der Waals surface area (Å²) in [6, 6.07) is 12.2. The normalized spacial score (nSPS) is 17.7. The molecular weight excluding hydrogens is 434 g/mol. The maximum atomic E-state index is 13.4. The van der Waals surface area contributed by atoms with Gasteiger partial charge < -0.3 is 24.6 Å². The summed E-state index contributed by atoms with van der Waals surface area (Å²) in [5, 5.41) is 13.5. The van der Waals surface area contributed by atoms with Gasteiger partial charge in [0.25, 0.3) is 0 Å². The zero-order valence-electron chi connectivity index (χ0n) is 19.6. The molecule has 2 N–H and O–H groups in total. The predicted molar refractivity (Wildman–Crippen MR) is 127 cm³/mol. The molecule has 0 bridgehead atoms. The number of nitrogens with one attached hydrogen (secondary N) is 1. The Morgan fingerprint density at radius 2 is 1.91 bits per heavy atom. The number of phenolic OH excluding ortho intramolecular Hbond substituents is 1. The molecule has 0 fully saturated rings. The van der Waals surface area contributed by atoms with Crippen molar-refractivity contribution < 1.29 is 28.9 Å². The smallest absolute Gasteiger partial charge is 0.337 e. The van der Waals surface area contributed by atoms with Crippen LogP contribution in [0, 0.1) is 0 Å². The van der Waals surface area contributed by atoms with E-state index in [4.69, 9.17) is 14.2 Å². The number of rotatable bonds is 7. The molecule has 0 unspecified atom stereocenters. The van der Waals surface area contributed by atoms with E-state index < -0.39 is 11.9 Å². The van der Waals surface area contributed by atoms with E-state index >= 15 is 0 Å². The molecule has 4 rings (SSSR count). The summed E-state index contributed by atoms with van der Waals surface area (Å²) in [4.78, 5) is 26.4. The minimum atomic E-state index is -0.604. The molecule has 178 valence electrons. The quantitative estimate of drug-likeness (QED) is 0.584. The fourth-order valence-corrected chi connectivity index (χ4v) is 4.52. The van der Waals surface area contributed by atoms with E-state index in [1.54, 1.807) is 19.2 Å². The number of dihydropyridines is 1. The number of benzene rings is 2. The molecule has 0 radical (unpaired) electrons. The number of ketones is 1. The van der Waals surface area contributed by atoms with Gasteiger partial charge in [-0.3, -0.25) is 4.79 Å². The van der Waals surface area contributed by atoms with Crippen molar-refractivity contribution in [2.75, 3.05) is 13.7 Å². The Bertz CT molecular complexity index is 1160. The van der Waals surface area contributed by atoms with Gasteiger partial charge in [0.1, 0.15) is 12.4 Å². The second kappa shape index (κ2) is 10.0. The maximum Gasteiger partial charge on any atom is 0.337 e. The van der Waals surface area contributed by atoms with Crippen LogP contribution in [-0.4, -0.2) is 30.6 Å². The van der Waals surface area contributed by atoms with Crippen molar-refractivity contribution in [3.8, 4) is 17.2 Å². The number of allylic oxidation sites excluding steroid dienone is 3. The van der Waals surface area contributed by atoms with Gasteiger partial charge in [0.05, 0.1) is 19.3 Å². The minimum Gasteiger partial charge on any atom is -0.504 e. The number of carbonyl (C=O) groups is 2. The molecule has 0 saturated heterocycles. The highest BCUT2D eigenvalue weighted by atomic mass is 16.5. The number of phenols is 1. The second-order valence-electron chi connectivity index (χ2n) is 8.35. The van der Waals surface area contributed by atoms with Crippen LogP contribution in [0.4, 0.5) is 0 Å². The number of aromatic hydroxyl groups is 1. The summed E-state index contributed by atoms with van der Waals surface area (Å²) in [5.74, 6) is -0.0507. The van der Waals surface area contributed by atoms with E-state index in [2.05, 4.69) is 5.32 Å². The summed E-state index contributed by atoms with van der Waals surface area (Å²) in [5.41, 5.74) is 3.99. The van der Waals surface area contributed by atoms with Crippen molar-refractivity contribution >= 4 is 11.8 Å². The standard InChI is InChI=1S/C27H29NO6/c1-4-33-23-14-18(10-13-21(23)29)25-24(16(2)28-20-6-5-7-22(30)26(20)25)27(31)34-15-17-8-11-19(32-3)12-9-17/h8-14,25,28-29H,4-7,15H2,1-3H3/t25-/m0/s1. The molecular formula is C27H29NO6. The fraction of sp³-hybridized carbons (Fsp3) is 0.333. The molecule has 7 heteroatoms. The van der Waals surface area contributed by atoms with Crippen LogP contribution >= 0.6 is 0 Å². The van der Waals surface area contributed by atoms with Crippen molar-refractivity contribution in [1.29, 1.82) is 0 Å². The lowest BCUT2D eigenvalue weighted by Crippen LogP contribution is -2.34. The first kappa shape index (κ1) is 23.4. The second-order valence-corrected chi connectivity index (χ2v) is 8.35. The lowest BCUT2D eigenvalue weighted by molar-refractivity contribution is -0.140. The molecule has 1 aliphatic carbocycles. The van der Waals surface area contributed by atoms with Crippen molar-refractivity contribution in [2.45, 2.75) is 45.6 Å². The molecule has 34 heavy (non-hydrogen) atoms. The molecule has 0 saturated carbocycles. The molecule has 2 aliphatic rings. The zero-order chi connectivity index (χ0) is 24.2. The number of ether oxygens (including phenoxy) is 3. The summed E-state index contributed by atoms with van der Waals surface area (Å²) >= 11 is 0. The Morgan fingerprint density at radius 1 is 1.15 bits per heavy atom. The summed E-state index contributed by atoms with van der Waals surface area (Å²) < 4.78 is 16.4. The van der Waals surface area contributed by atoms with Crippen LogP contribution < -0.4 is 14.8 Å². The highest BCUT2D eigenvalue weighted by Gasteiger charge is 2.39. The molecule has 0 aromatic heterocycles. The molecule has 2 aromatic carbocycles. The number of methoxy groups -OCH3 is 1. The van der Waals surface area contributed by atoms with E-state index in [9.17, 15) is 14.7 Å². The summed E-state index contributed by atoms with van der Waals surface area (Å²) in [6.07, 6.45) is 1.93. The van der Waals surface area contributed by atoms with Crippen LogP contribution in [0.15, 0.2) is 65.0 Å². The molecule has 0 amide bonds. The number of Topliss-reactive ketones (excluding diaryl/α,β-unsaturated/α-hetero) is 1. The van der Waals surface area contributed by atoms with Crippen LogP contribution in [0.25, 0.3) is 0 Å². The van der Waals surface area contributed by atoms with E-state index in [1.807, 2.05) is 38.1 Å². The highest BCUT2D eigenvalue weighted by Crippen LogP contribution is 2.44. The van der Waals surface area contributed by atoms with Crippen LogP contribution in [0.1, 0.15) is 50.2 Å². The van der Waals surface area contributed by atoms with Crippen molar-refractivity contribution in [3.63, 3.8) is 0 Å². The molecule has 7 nitrogen and oxygen atoms in total. The van der Waals surface area contributed by atoms with Crippen LogP contribution in [0.3, 0.4) is 0 Å². The van der Waals surface area contributed by atoms with Gasteiger partial charge in [-0.25, -0.2) is 4.79 Å². The Kier molecular flexibility index (Phi) is 6.91. The van der Waals surface area contributed by atoms with Crippen LogP contribution in [-0.2, 0) is 20.9 Å². The topological polar surface area (TPSA) is 94.1 Å². The lowest BCUT2D eigenvalue weighted by Gasteiger charge is -2.34. The molecule has 1 atom stereocenters. The largest absolute Gasteiger partial charge is 0.504 e. The number of hydrogen-bond acceptors (Lipinski definition) is 7. The third kappa shape index (κ3) is 4.64. The lowest BCUT2D eigenvalue weighted by atomic mass is 9.75. The van der Waals surface area contributed by atoms with Gasteiger partial charge in [-0.15, -0.1) is 0 Å². The molecule has 1 aliphatic heterocycles. The van der Waals surface area contributed by atoms with E-state index in [-0.39, 0.29) is 18.1 Å². The average molecular weight is 464 g/mol. The van der Waals surface area contributed by atoms with Gasteiger partial charge >= 0.3 is 5.97 Å². The van der Waals surface area contributed by atoms with E-state index in [0.29, 0.717) is 41.2 Å². The first-order valence-corrected chi connectivity index (χ1v) is 11.4. The van der Waals surface area contributed by atoms with Crippen molar-refractivity contribution in [3.05, 3.63) is 76.1 Å².